The van der Waals surface area contributed by atoms with E-state index in [0.717, 1.165) is 42.5 Å². The number of guanidine groups is 1. The van der Waals surface area contributed by atoms with Gasteiger partial charge in [0.15, 0.2) is 5.96 Å². The van der Waals surface area contributed by atoms with Gasteiger partial charge in [-0.2, -0.15) is 0 Å². The molecule has 3 rings (SSSR count). The molecule has 0 heterocycles. The van der Waals surface area contributed by atoms with Crippen molar-refractivity contribution in [2.45, 2.75) is 24.8 Å². The highest BCUT2D eigenvalue weighted by molar-refractivity contribution is 6.30. The van der Waals surface area contributed by atoms with Crippen molar-refractivity contribution in [3.05, 3.63) is 70.2 Å². The molecule has 0 unspecified atom stereocenters. The second-order valence-corrected chi connectivity index (χ2v) is 8.77. The summed E-state index contributed by atoms with van der Waals surface area (Å²) in [5.41, 5.74) is 3.10. The normalized spacial score (nSPS) is 14.9. The highest BCUT2D eigenvalue weighted by atomic mass is 35.5. The minimum absolute atomic E-state index is 0.0524. The summed E-state index contributed by atoms with van der Waals surface area (Å²) in [5.74, 6) is 0.692. The highest BCUT2D eigenvalue weighted by Gasteiger charge is 2.44. The lowest BCUT2D eigenvalue weighted by Gasteiger charge is -2.19. The first kappa shape index (κ1) is 23.1. The van der Waals surface area contributed by atoms with Gasteiger partial charge in [-0.25, -0.2) is 0 Å². The number of halogens is 1. The Balaban J connectivity index is 1.51. The van der Waals surface area contributed by atoms with Gasteiger partial charge >= 0.3 is 0 Å². The third-order valence-corrected chi connectivity index (χ3v) is 5.84. The molecule has 1 amide bonds. The van der Waals surface area contributed by atoms with E-state index in [1.165, 1.54) is 5.56 Å². The summed E-state index contributed by atoms with van der Waals surface area (Å²) in [7, 11) is 5.74. The van der Waals surface area contributed by atoms with Crippen molar-refractivity contribution in [3.63, 3.8) is 0 Å². The number of nitrogens with one attached hydrogen (secondary N) is 3. The second kappa shape index (κ2) is 10.6. The Morgan fingerprint density at radius 2 is 1.87 bits per heavy atom. The fourth-order valence-corrected chi connectivity index (χ4v) is 3.70. The summed E-state index contributed by atoms with van der Waals surface area (Å²) in [6, 6.07) is 15.8. The summed E-state index contributed by atoms with van der Waals surface area (Å²) in [6.45, 7) is 2.83. The molecule has 31 heavy (non-hydrogen) atoms. The topological polar surface area (TPSA) is 68.8 Å². The van der Waals surface area contributed by atoms with Crippen LogP contribution in [0.1, 0.15) is 34.3 Å². The Bertz CT molecular complexity index is 924. The number of nitrogens with zero attached hydrogens (tertiary/aromatic N) is 2. The Labute approximate surface area is 190 Å². The minimum atomic E-state index is -0.0524. The van der Waals surface area contributed by atoms with Crippen LogP contribution in [0.5, 0.6) is 0 Å². The van der Waals surface area contributed by atoms with Crippen LogP contribution < -0.4 is 16.0 Å². The van der Waals surface area contributed by atoms with Gasteiger partial charge in [0.25, 0.3) is 5.91 Å². The van der Waals surface area contributed by atoms with Gasteiger partial charge in [-0.15, -0.1) is 0 Å². The van der Waals surface area contributed by atoms with E-state index in [1.54, 1.807) is 7.05 Å². The molecule has 2 aromatic rings. The molecule has 1 aliphatic carbocycles. The number of amides is 1. The zero-order valence-electron chi connectivity index (χ0n) is 18.5. The van der Waals surface area contributed by atoms with E-state index in [4.69, 9.17) is 11.6 Å². The van der Waals surface area contributed by atoms with Crippen LogP contribution >= 0.6 is 11.6 Å². The van der Waals surface area contributed by atoms with Crippen LogP contribution in [0.15, 0.2) is 53.5 Å². The third-order valence-electron chi connectivity index (χ3n) is 5.60. The predicted octanol–water partition coefficient (Wildman–Crippen LogP) is 3.03. The Morgan fingerprint density at radius 1 is 1.10 bits per heavy atom. The number of hydrogen-bond donors (Lipinski definition) is 3. The summed E-state index contributed by atoms with van der Waals surface area (Å²) < 4.78 is 0. The zero-order chi connectivity index (χ0) is 22.3. The SMILES string of the molecule is CN=C(NCc1cccc(C(=O)NCCN(C)C)c1)NCC1(c2cccc(Cl)c2)CC1. The molecule has 0 atom stereocenters. The van der Waals surface area contributed by atoms with E-state index < -0.39 is 0 Å². The largest absolute Gasteiger partial charge is 0.356 e. The molecule has 0 spiro atoms. The van der Waals surface area contributed by atoms with Crippen LogP contribution in [-0.4, -0.2) is 57.5 Å². The van der Waals surface area contributed by atoms with E-state index in [9.17, 15) is 4.79 Å². The average molecular weight is 442 g/mol. The fraction of sp³-hybridized carbons (Fsp3) is 0.417. The van der Waals surface area contributed by atoms with Crippen LogP contribution in [0.2, 0.25) is 5.02 Å². The molecule has 0 aromatic heterocycles. The first-order valence-electron chi connectivity index (χ1n) is 10.6. The fourth-order valence-electron chi connectivity index (χ4n) is 3.51. The van der Waals surface area contributed by atoms with Crippen LogP contribution in [0.4, 0.5) is 0 Å². The first-order valence-corrected chi connectivity index (χ1v) is 11.0. The molecule has 0 radical (unpaired) electrons. The predicted molar refractivity (Wildman–Crippen MR) is 128 cm³/mol. The number of hydrogen-bond acceptors (Lipinski definition) is 3. The minimum Gasteiger partial charge on any atom is -0.356 e. The quantitative estimate of drug-likeness (QED) is 0.413. The van der Waals surface area contributed by atoms with Gasteiger partial charge in [0.2, 0.25) is 0 Å². The molecule has 0 saturated heterocycles. The van der Waals surface area contributed by atoms with Gasteiger partial charge in [0, 0.05) is 49.2 Å². The second-order valence-electron chi connectivity index (χ2n) is 8.33. The smallest absolute Gasteiger partial charge is 0.251 e. The molecule has 6 nitrogen and oxygen atoms in total. The third kappa shape index (κ3) is 6.71. The molecule has 0 aliphatic heterocycles. The van der Waals surface area contributed by atoms with E-state index in [0.29, 0.717) is 18.7 Å². The maximum atomic E-state index is 12.4. The van der Waals surface area contributed by atoms with Gasteiger partial charge < -0.3 is 20.9 Å². The molecular weight excluding hydrogens is 410 g/mol. The van der Waals surface area contributed by atoms with E-state index >= 15 is 0 Å². The van der Waals surface area contributed by atoms with E-state index in [2.05, 4.69) is 33.1 Å². The van der Waals surface area contributed by atoms with Gasteiger partial charge in [0.1, 0.15) is 0 Å². The Kier molecular flexibility index (Phi) is 7.93. The van der Waals surface area contributed by atoms with Crippen molar-refractivity contribution in [3.8, 4) is 0 Å². The lowest BCUT2D eigenvalue weighted by atomic mass is 9.96. The number of likely N-dealkylation sites (N-methyl/N-ethyl adjacent to an activating group) is 1. The molecular formula is C24H32ClN5O. The molecule has 7 heteroatoms. The van der Waals surface area contributed by atoms with Crippen molar-refractivity contribution >= 4 is 23.5 Å². The van der Waals surface area contributed by atoms with Crippen molar-refractivity contribution in [1.29, 1.82) is 0 Å². The number of carbonyl (C=O) groups is 1. The summed E-state index contributed by atoms with van der Waals surface area (Å²) in [6.07, 6.45) is 2.28. The van der Waals surface area contributed by atoms with E-state index in [1.807, 2.05) is 55.4 Å². The maximum Gasteiger partial charge on any atom is 0.251 e. The summed E-state index contributed by atoms with van der Waals surface area (Å²) >= 11 is 6.18. The summed E-state index contributed by atoms with van der Waals surface area (Å²) in [4.78, 5) is 18.7. The molecule has 1 fully saturated rings. The zero-order valence-corrected chi connectivity index (χ0v) is 19.3. The lowest BCUT2D eigenvalue weighted by molar-refractivity contribution is 0.0951. The molecule has 1 saturated carbocycles. The lowest BCUT2D eigenvalue weighted by Crippen LogP contribution is -2.40. The average Bonchev–Trinajstić information content (AvgIpc) is 3.55. The Hall–Kier alpha value is -2.57. The van der Waals surface area contributed by atoms with Gasteiger partial charge in [-0.3, -0.25) is 9.79 Å². The van der Waals surface area contributed by atoms with Crippen molar-refractivity contribution in [2.24, 2.45) is 4.99 Å². The molecule has 0 bridgehead atoms. The number of rotatable bonds is 9. The molecule has 1 aliphatic rings. The van der Waals surface area contributed by atoms with Crippen LogP contribution in [-0.2, 0) is 12.0 Å². The van der Waals surface area contributed by atoms with Crippen molar-refractivity contribution in [2.75, 3.05) is 40.8 Å². The van der Waals surface area contributed by atoms with Crippen LogP contribution in [0, 0.1) is 0 Å². The van der Waals surface area contributed by atoms with Gasteiger partial charge in [0.05, 0.1) is 0 Å². The van der Waals surface area contributed by atoms with Gasteiger partial charge in [-0.05, 0) is 62.3 Å². The maximum absolute atomic E-state index is 12.4. The highest BCUT2D eigenvalue weighted by Crippen LogP contribution is 2.48. The first-order chi connectivity index (χ1) is 14.9. The van der Waals surface area contributed by atoms with Gasteiger partial charge in [-0.1, -0.05) is 35.9 Å². The molecule has 3 N–H and O–H groups in total. The van der Waals surface area contributed by atoms with Crippen LogP contribution in [0.25, 0.3) is 0 Å². The Morgan fingerprint density at radius 3 is 2.55 bits per heavy atom. The monoisotopic (exact) mass is 441 g/mol. The molecule has 2 aromatic carbocycles. The molecule has 166 valence electrons. The van der Waals surface area contributed by atoms with Crippen molar-refractivity contribution < 1.29 is 4.79 Å². The number of benzene rings is 2. The number of aliphatic imine (C=N–C) groups is 1. The number of carbonyl (C=O) groups excluding carboxylic acids is 1. The van der Waals surface area contributed by atoms with Crippen molar-refractivity contribution in [1.82, 2.24) is 20.9 Å². The standard InChI is InChI=1S/C24H32ClN5O/c1-26-23(29-17-24(10-11-24)20-8-5-9-21(25)15-20)28-16-18-6-4-7-19(14-18)22(31)27-12-13-30(2)3/h4-9,14-15H,10-13,16-17H2,1-3H3,(H,27,31)(H2,26,28,29). The van der Waals surface area contributed by atoms with Crippen LogP contribution in [0.3, 0.4) is 0 Å². The van der Waals surface area contributed by atoms with E-state index in [-0.39, 0.29) is 11.3 Å². The summed E-state index contributed by atoms with van der Waals surface area (Å²) in [5, 5.41) is 10.5.